The van der Waals surface area contributed by atoms with Crippen LogP contribution in [0.3, 0.4) is 0 Å². The fraction of sp³-hybridized carbons (Fsp3) is 0.714. The Kier molecular flexibility index (Phi) is 2.89. The molecule has 1 heterocycles. The molecule has 1 N–H and O–H groups in total. The normalized spacial score (nSPS) is 16.5. The number of rotatable bonds is 2. The number of carbonyl (C=O) groups excluding carboxylic acids is 2. The number of amides is 2. The lowest BCUT2D eigenvalue weighted by Gasteiger charge is -2.14. The van der Waals surface area contributed by atoms with Crippen LogP contribution >= 0.6 is 0 Å². The first kappa shape index (κ1) is 8.04. The fourth-order valence-electron chi connectivity index (χ4n) is 1.16. The second kappa shape index (κ2) is 3.95. The molecule has 1 fully saturated rings. The number of nitrogens with one attached hydrogen (secondary N) is 1. The van der Waals surface area contributed by atoms with Crippen molar-refractivity contribution in [2.75, 3.05) is 19.6 Å². The van der Waals surface area contributed by atoms with Crippen molar-refractivity contribution < 1.29 is 9.59 Å². The Morgan fingerprint density at radius 3 is 2.64 bits per heavy atom. The lowest BCUT2D eigenvalue weighted by Crippen LogP contribution is -2.38. The molecular formula is C7H12N2O2. The highest BCUT2D eigenvalue weighted by Gasteiger charge is 2.16. The standard InChI is InChI=1S/C7H12N2O2/c10-6-3-8-7(11)9-4-1-2-5-9/h6H,1-5H2,(H,8,11). The molecule has 0 aromatic carbocycles. The van der Waals surface area contributed by atoms with E-state index in [1.54, 1.807) is 4.90 Å². The molecule has 2 amide bonds. The Balaban J connectivity index is 2.22. The van der Waals surface area contributed by atoms with Gasteiger partial charge in [0, 0.05) is 13.1 Å². The van der Waals surface area contributed by atoms with E-state index >= 15 is 0 Å². The molecule has 11 heavy (non-hydrogen) atoms. The van der Waals surface area contributed by atoms with Crippen LogP contribution in [0, 0.1) is 0 Å². The van der Waals surface area contributed by atoms with Gasteiger partial charge in [-0.1, -0.05) is 0 Å². The molecule has 0 aromatic rings. The van der Waals surface area contributed by atoms with E-state index in [0.29, 0.717) is 6.29 Å². The molecule has 0 bridgehead atoms. The maximum Gasteiger partial charge on any atom is 0.317 e. The van der Waals surface area contributed by atoms with Crippen LogP contribution < -0.4 is 5.32 Å². The molecular weight excluding hydrogens is 144 g/mol. The van der Waals surface area contributed by atoms with E-state index in [-0.39, 0.29) is 12.6 Å². The molecule has 0 unspecified atom stereocenters. The van der Waals surface area contributed by atoms with Crippen LogP contribution in [-0.2, 0) is 4.79 Å². The molecule has 4 heteroatoms. The smallest absolute Gasteiger partial charge is 0.317 e. The minimum Gasteiger partial charge on any atom is -0.331 e. The van der Waals surface area contributed by atoms with Gasteiger partial charge in [0.25, 0.3) is 0 Å². The summed E-state index contributed by atoms with van der Waals surface area (Å²) in [6.07, 6.45) is 2.84. The van der Waals surface area contributed by atoms with Crippen LogP contribution in [0.4, 0.5) is 4.79 Å². The van der Waals surface area contributed by atoms with Gasteiger partial charge in [0.2, 0.25) is 0 Å². The van der Waals surface area contributed by atoms with Crippen LogP contribution in [0.15, 0.2) is 0 Å². The summed E-state index contributed by atoms with van der Waals surface area (Å²) in [5, 5.41) is 2.49. The molecule has 62 valence electrons. The third-order valence-electron chi connectivity index (χ3n) is 1.73. The largest absolute Gasteiger partial charge is 0.331 e. The molecule has 1 aliphatic rings. The highest BCUT2D eigenvalue weighted by atomic mass is 16.2. The van der Waals surface area contributed by atoms with Gasteiger partial charge in [-0.2, -0.15) is 0 Å². The molecule has 1 aliphatic heterocycles. The van der Waals surface area contributed by atoms with Crippen LogP contribution in [0.5, 0.6) is 0 Å². The summed E-state index contributed by atoms with van der Waals surface area (Å²) >= 11 is 0. The van der Waals surface area contributed by atoms with Gasteiger partial charge in [-0.05, 0) is 12.8 Å². The van der Waals surface area contributed by atoms with Crippen molar-refractivity contribution in [2.45, 2.75) is 12.8 Å². The summed E-state index contributed by atoms with van der Waals surface area (Å²) < 4.78 is 0. The zero-order valence-corrected chi connectivity index (χ0v) is 6.38. The van der Waals surface area contributed by atoms with Gasteiger partial charge in [-0.3, -0.25) is 0 Å². The van der Waals surface area contributed by atoms with Crippen molar-refractivity contribution in [1.29, 1.82) is 0 Å². The molecule has 0 radical (unpaired) electrons. The van der Waals surface area contributed by atoms with Gasteiger partial charge in [-0.25, -0.2) is 4.79 Å². The molecule has 1 rings (SSSR count). The number of hydrogen-bond donors (Lipinski definition) is 1. The van der Waals surface area contributed by atoms with Crippen molar-refractivity contribution in [3.63, 3.8) is 0 Å². The van der Waals surface area contributed by atoms with E-state index in [1.165, 1.54) is 0 Å². The van der Waals surface area contributed by atoms with E-state index in [1.807, 2.05) is 0 Å². The summed E-state index contributed by atoms with van der Waals surface area (Å²) in [7, 11) is 0. The van der Waals surface area contributed by atoms with E-state index < -0.39 is 0 Å². The number of hydrogen-bond acceptors (Lipinski definition) is 2. The lowest BCUT2D eigenvalue weighted by molar-refractivity contribution is -0.107. The zero-order valence-electron chi connectivity index (χ0n) is 6.38. The molecule has 0 spiro atoms. The molecule has 0 atom stereocenters. The van der Waals surface area contributed by atoms with Crippen LogP contribution in [0.1, 0.15) is 12.8 Å². The first-order chi connectivity index (χ1) is 5.34. The Labute approximate surface area is 65.6 Å². The topological polar surface area (TPSA) is 49.4 Å². The van der Waals surface area contributed by atoms with Crippen molar-refractivity contribution in [3.8, 4) is 0 Å². The van der Waals surface area contributed by atoms with E-state index in [2.05, 4.69) is 5.32 Å². The van der Waals surface area contributed by atoms with Crippen molar-refractivity contribution >= 4 is 12.3 Å². The third kappa shape index (κ3) is 2.22. The van der Waals surface area contributed by atoms with Gasteiger partial charge in [0.15, 0.2) is 0 Å². The maximum atomic E-state index is 11.1. The number of carbonyl (C=O) groups is 2. The minimum atomic E-state index is -0.116. The highest BCUT2D eigenvalue weighted by molar-refractivity contribution is 5.76. The fourth-order valence-corrected chi connectivity index (χ4v) is 1.16. The monoisotopic (exact) mass is 156 g/mol. The Bertz CT molecular complexity index is 153. The van der Waals surface area contributed by atoms with Crippen molar-refractivity contribution in [1.82, 2.24) is 10.2 Å². The van der Waals surface area contributed by atoms with E-state index in [4.69, 9.17) is 0 Å². The second-order valence-corrected chi connectivity index (χ2v) is 2.55. The first-order valence-electron chi connectivity index (χ1n) is 3.81. The van der Waals surface area contributed by atoms with Crippen LogP contribution in [-0.4, -0.2) is 36.9 Å². The minimum absolute atomic E-state index is 0.116. The lowest BCUT2D eigenvalue weighted by atomic mass is 10.4. The van der Waals surface area contributed by atoms with Gasteiger partial charge in [0.1, 0.15) is 6.29 Å². The van der Waals surface area contributed by atoms with Crippen molar-refractivity contribution in [3.05, 3.63) is 0 Å². The molecule has 4 nitrogen and oxygen atoms in total. The molecule has 0 saturated carbocycles. The predicted molar refractivity (Wildman–Crippen MR) is 40.3 cm³/mol. The Hall–Kier alpha value is -1.06. The number of aldehydes is 1. The number of likely N-dealkylation sites (tertiary alicyclic amines) is 1. The second-order valence-electron chi connectivity index (χ2n) is 2.55. The summed E-state index contributed by atoms with van der Waals surface area (Å²) in [5.74, 6) is 0. The van der Waals surface area contributed by atoms with Gasteiger partial charge >= 0.3 is 6.03 Å². The first-order valence-corrected chi connectivity index (χ1v) is 3.81. The van der Waals surface area contributed by atoms with Gasteiger partial charge in [0.05, 0.1) is 6.54 Å². The molecule has 1 saturated heterocycles. The summed E-state index contributed by atoms with van der Waals surface area (Å²) in [4.78, 5) is 22.7. The van der Waals surface area contributed by atoms with Crippen molar-refractivity contribution in [2.24, 2.45) is 0 Å². The number of nitrogens with zero attached hydrogens (tertiary/aromatic N) is 1. The molecule has 0 aromatic heterocycles. The zero-order chi connectivity index (χ0) is 8.10. The average molecular weight is 156 g/mol. The summed E-state index contributed by atoms with van der Waals surface area (Å²) in [6.45, 7) is 1.77. The Morgan fingerprint density at radius 1 is 1.45 bits per heavy atom. The van der Waals surface area contributed by atoms with Gasteiger partial charge in [-0.15, -0.1) is 0 Å². The SMILES string of the molecule is O=CCNC(=O)N1CCCC1. The van der Waals surface area contributed by atoms with Crippen LogP contribution in [0.2, 0.25) is 0 Å². The van der Waals surface area contributed by atoms with E-state index in [9.17, 15) is 9.59 Å². The number of urea groups is 1. The maximum absolute atomic E-state index is 11.1. The average Bonchev–Trinajstić information content (AvgIpc) is 2.52. The summed E-state index contributed by atoms with van der Waals surface area (Å²) in [6, 6.07) is -0.116. The highest BCUT2D eigenvalue weighted by Crippen LogP contribution is 2.06. The summed E-state index contributed by atoms with van der Waals surface area (Å²) in [5.41, 5.74) is 0. The Morgan fingerprint density at radius 2 is 2.09 bits per heavy atom. The quantitative estimate of drug-likeness (QED) is 0.572. The van der Waals surface area contributed by atoms with Crippen LogP contribution in [0.25, 0.3) is 0 Å². The third-order valence-corrected chi connectivity index (χ3v) is 1.73. The predicted octanol–water partition coefficient (Wildman–Crippen LogP) is -0.00930. The molecule has 0 aliphatic carbocycles. The van der Waals surface area contributed by atoms with Gasteiger partial charge < -0.3 is 15.0 Å². The van der Waals surface area contributed by atoms with E-state index in [0.717, 1.165) is 25.9 Å².